The van der Waals surface area contributed by atoms with Gasteiger partial charge in [-0.1, -0.05) is 0 Å². The van der Waals surface area contributed by atoms with E-state index in [2.05, 4.69) is 15.3 Å². The lowest BCUT2D eigenvalue weighted by Crippen LogP contribution is -2.31. The van der Waals surface area contributed by atoms with Gasteiger partial charge in [-0.05, 0) is 13.8 Å². The van der Waals surface area contributed by atoms with Gasteiger partial charge in [0.05, 0.1) is 12.3 Å². The van der Waals surface area contributed by atoms with Gasteiger partial charge in [-0.2, -0.15) is 5.26 Å². The zero-order chi connectivity index (χ0) is 9.84. The fourth-order valence-electron chi connectivity index (χ4n) is 0.843. The van der Waals surface area contributed by atoms with Gasteiger partial charge in [0.1, 0.15) is 17.6 Å². The Morgan fingerprint density at radius 2 is 2.54 bits per heavy atom. The summed E-state index contributed by atoms with van der Waals surface area (Å²) < 4.78 is 0. The van der Waals surface area contributed by atoms with Crippen LogP contribution in [0.2, 0.25) is 0 Å². The number of carbonyl (C=O) groups is 1. The summed E-state index contributed by atoms with van der Waals surface area (Å²) in [5.41, 5.74) is 0.375. The van der Waals surface area contributed by atoms with Crippen LogP contribution in [0.15, 0.2) is 6.20 Å². The molecule has 0 unspecified atom stereocenters. The molecule has 0 saturated heterocycles. The van der Waals surface area contributed by atoms with Gasteiger partial charge in [-0.3, -0.25) is 4.79 Å². The van der Waals surface area contributed by atoms with Gasteiger partial charge in [-0.15, -0.1) is 0 Å². The number of hydrogen-bond donors (Lipinski definition) is 2. The number of aromatic nitrogens is 2. The van der Waals surface area contributed by atoms with Gasteiger partial charge in [0.25, 0.3) is 5.91 Å². The first-order valence-corrected chi connectivity index (χ1v) is 3.85. The summed E-state index contributed by atoms with van der Waals surface area (Å²) in [6.45, 7) is 3.37. The van der Waals surface area contributed by atoms with Crippen molar-refractivity contribution < 1.29 is 4.79 Å². The number of carbonyl (C=O) groups excluding carboxylic acids is 1. The van der Waals surface area contributed by atoms with Crippen LogP contribution in [0.3, 0.4) is 0 Å². The maximum atomic E-state index is 11.3. The molecule has 1 heterocycles. The van der Waals surface area contributed by atoms with E-state index in [-0.39, 0.29) is 5.91 Å². The Hall–Kier alpha value is -1.83. The molecule has 0 aliphatic carbocycles. The molecule has 2 N–H and O–H groups in total. The summed E-state index contributed by atoms with van der Waals surface area (Å²) >= 11 is 0. The fraction of sp³-hybridized carbons (Fsp3) is 0.375. The van der Waals surface area contributed by atoms with Gasteiger partial charge < -0.3 is 10.3 Å². The van der Waals surface area contributed by atoms with Crippen LogP contribution in [0.5, 0.6) is 0 Å². The molecule has 5 heteroatoms. The van der Waals surface area contributed by atoms with E-state index in [0.29, 0.717) is 11.5 Å². The molecule has 1 aromatic rings. The molecule has 1 atom stereocenters. The van der Waals surface area contributed by atoms with Crippen molar-refractivity contribution in [2.24, 2.45) is 0 Å². The van der Waals surface area contributed by atoms with Crippen LogP contribution in [-0.2, 0) is 0 Å². The molecule has 13 heavy (non-hydrogen) atoms. The lowest BCUT2D eigenvalue weighted by atomic mass is 10.3. The molecule has 1 rings (SSSR count). The molecule has 5 nitrogen and oxygen atoms in total. The summed E-state index contributed by atoms with van der Waals surface area (Å²) in [6.07, 6.45) is 1.44. The lowest BCUT2D eigenvalue weighted by Gasteiger charge is -2.03. The lowest BCUT2D eigenvalue weighted by molar-refractivity contribution is 0.0943. The quantitative estimate of drug-likeness (QED) is 0.686. The summed E-state index contributed by atoms with van der Waals surface area (Å²) in [6, 6.07) is 1.42. The number of aromatic amines is 1. The zero-order valence-corrected chi connectivity index (χ0v) is 7.46. The van der Waals surface area contributed by atoms with Crippen molar-refractivity contribution in [3.8, 4) is 6.07 Å². The van der Waals surface area contributed by atoms with Gasteiger partial charge in [0.15, 0.2) is 0 Å². The Morgan fingerprint density at radius 3 is 3.00 bits per heavy atom. The first-order valence-electron chi connectivity index (χ1n) is 3.85. The highest BCUT2D eigenvalue weighted by molar-refractivity contribution is 5.92. The van der Waals surface area contributed by atoms with Gasteiger partial charge in [-0.25, -0.2) is 4.98 Å². The molecule has 0 spiro atoms. The number of rotatable bonds is 2. The van der Waals surface area contributed by atoms with Crippen molar-refractivity contribution in [2.75, 3.05) is 0 Å². The second-order valence-corrected chi connectivity index (χ2v) is 2.71. The van der Waals surface area contributed by atoms with Crippen molar-refractivity contribution in [2.45, 2.75) is 19.9 Å². The van der Waals surface area contributed by atoms with Crippen molar-refractivity contribution in [1.29, 1.82) is 5.26 Å². The van der Waals surface area contributed by atoms with Crippen molar-refractivity contribution >= 4 is 5.91 Å². The van der Waals surface area contributed by atoms with E-state index in [4.69, 9.17) is 5.26 Å². The third-order valence-corrected chi connectivity index (χ3v) is 1.49. The first kappa shape index (κ1) is 9.26. The number of H-pyrrole nitrogens is 1. The van der Waals surface area contributed by atoms with Crippen LogP contribution >= 0.6 is 0 Å². The standard InChI is InChI=1S/C8H10N4O/c1-5(3-9)11-8(13)7-4-10-6(2)12-7/h4-5H,1-2H3,(H,10,12)(H,11,13)/t5-/m1/s1. The number of imidazole rings is 1. The molecule has 0 radical (unpaired) electrons. The molecule has 0 fully saturated rings. The van der Waals surface area contributed by atoms with E-state index in [9.17, 15) is 4.79 Å². The molecule has 0 aliphatic heterocycles. The van der Waals surface area contributed by atoms with Crippen LogP contribution in [-0.4, -0.2) is 21.9 Å². The largest absolute Gasteiger partial charge is 0.338 e. The Kier molecular flexibility index (Phi) is 2.65. The average molecular weight is 178 g/mol. The number of hydrogen-bond acceptors (Lipinski definition) is 3. The first-order chi connectivity index (χ1) is 6.13. The highest BCUT2D eigenvalue weighted by atomic mass is 16.1. The summed E-state index contributed by atoms with van der Waals surface area (Å²) in [7, 11) is 0. The molecular weight excluding hydrogens is 168 g/mol. The molecule has 68 valence electrons. The van der Waals surface area contributed by atoms with Crippen LogP contribution in [0.4, 0.5) is 0 Å². The molecule has 0 saturated carbocycles. The molecule has 0 bridgehead atoms. The SMILES string of the molecule is Cc1ncc(C(=O)N[C@H](C)C#N)[nH]1. The van der Waals surface area contributed by atoms with Gasteiger partial charge >= 0.3 is 0 Å². The maximum absolute atomic E-state index is 11.3. The van der Waals surface area contributed by atoms with Gasteiger partial charge in [0, 0.05) is 0 Å². The number of amides is 1. The monoisotopic (exact) mass is 178 g/mol. The zero-order valence-electron chi connectivity index (χ0n) is 7.46. The smallest absolute Gasteiger partial charge is 0.270 e. The van der Waals surface area contributed by atoms with E-state index in [0.717, 1.165) is 0 Å². The highest BCUT2D eigenvalue weighted by Crippen LogP contribution is 1.95. The van der Waals surface area contributed by atoms with Crippen molar-refractivity contribution in [3.63, 3.8) is 0 Å². The Bertz CT molecular complexity index is 349. The van der Waals surface area contributed by atoms with E-state index in [1.807, 2.05) is 6.07 Å². The van der Waals surface area contributed by atoms with Gasteiger partial charge in [0.2, 0.25) is 0 Å². The number of nitrogens with zero attached hydrogens (tertiary/aromatic N) is 2. The second kappa shape index (κ2) is 3.72. The topological polar surface area (TPSA) is 81.6 Å². The highest BCUT2D eigenvalue weighted by Gasteiger charge is 2.10. The fourth-order valence-corrected chi connectivity index (χ4v) is 0.843. The second-order valence-electron chi connectivity index (χ2n) is 2.71. The number of nitrogens with one attached hydrogen (secondary N) is 2. The van der Waals surface area contributed by atoms with E-state index in [1.165, 1.54) is 6.20 Å². The van der Waals surface area contributed by atoms with E-state index in [1.54, 1.807) is 13.8 Å². The normalized spacial score (nSPS) is 11.8. The number of nitriles is 1. The third-order valence-electron chi connectivity index (χ3n) is 1.49. The minimum atomic E-state index is -0.490. The summed E-state index contributed by atoms with van der Waals surface area (Å²) in [5.74, 6) is 0.365. The van der Waals surface area contributed by atoms with Crippen LogP contribution in [0.25, 0.3) is 0 Å². The minimum absolute atomic E-state index is 0.311. The average Bonchev–Trinajstić information content (AvgIpc) is 2.51. The number of aryl methyl sites for hydroxylation is 1. The molecular formula is C8H10N4O. The Balaban J connectivity index is 2.65. The molecule has 1 aromatic heterocycles. The van der Waals surface area contributed by atoms with Crippen LogP contribution in [0, 0.1) is 18.3 Å². The van der Waals surface area contributed by atoms with Crippen molar-refractivity contribution in [3.05, 3.63) is 17.7 Å². The maximum Gasteiger partial charge on any atom is 0.270 e. The van der Waals surface area contributed by atoms with E-state index >= 15 is 0 Å². The Labute approximate surface area is 75.8 Å². The molecule has 1 amide bonds. The minimum Gasteiger partial charge on any atom is -0.338 e. The third kappa shape index (κ3) is 2.30. The van der Waals surface area contributed by atoms with Crippen LogP contribution in [0.1, 0.15) is 23.2 Å². The summed E-state index contributed by atoms with van der Waals surface area (Å²) in [4.78, 5) is 17.9. The Morgan fingerprint density at radius 1 is 1.85 bits per heavy atom. The molecule has 0 aromatic carbocycles. The predicted molar refractivity (Wildman–Crippen MR) is 45.9 cm³/mol. The summed E-state index contributed by atoms with van der Waals surface area (Å²) in [5, 5.41) is 10.9. The molecule has 0 aliphatic rings. The predicted octanol–water partition coefficient (Wildman–Crippen LogP) is 0.360. The van der Waals surface area contributed by atoms with Crippen molar-refractivity contribution in [1.82, 2.24) is 15.3 Å². The van der Waals surface area contributed by atoms with E-state index < -0.39 is 6.04 Å². The van der Waals surface area contributed by atoms with Crippen LogP contribution < -0.4 is 5.32 Å².